The Balaban J connectivity index is 1.58. The zero-order valence-electron chi connectivity index (χ0n) is 18.3. The van der Waals surface area contributed by atoms with Crippen LogP contribution in [0.1, 0.15) is 35.2 Å². The van der Waals surface area contributed by atoms with E-state index < -0.39 is 23.4 Å². The molecule has 1 aromatic heterocycles. The van der Waals surface area contributed by atoms with Crippen molar-refractivity contribution in [2.75, 3.05) is 13.7 Å². The third-order valence-corrected chi connectivity index (χ3v) is 6.23. The van der Waals surface area contributed by atoms with E-state index in [2.05, 4.69) is 15.6 Å². The largest absolute Gasteiger partial charge is 0.489 e. The number of likely N-dealkylation sites (N-methyl/N-ethyl adjacent to an activating group) is 1. The Morgan fingerprint density at radius 1 is 1.21 bits per heavy atom. The van der Waals surface area contributed by atoms with E-state index >= 15 is 0 Å². The Kier molecular flexibility index (Phi) is 6.55. The number of aromatic carboxylic acids is 1. The lowest BCUT2D eigenvalue weighted by molar-refractivity contribution is -0.131. The number of carboxylic acid groups (broad SMARTS) is 1. The van der Waals surface area contributed by atoms with E-state index in [0.717, 1.165) is 30.9 Å². The second-order valence-electron chi connectivity index (χ2n) is 8.32. The molecule has 3 N–H and O–H groups in total. The smallest absolute Gasteiger partial charge is 0.340 e. The molecule has 8 heteroatoms. The Hall–Kier alpha value is -3.52. The van der Waals surface area contributed by atoms with Gasteiger partial charge in [0.2, 0.25) is 5.91 Å². The Morgan fingerprint density at radius 2 is 1.97 bits per heavy atom. The molecule has 0 aliphatic heterocycles. The number of hydrogen-bond donors (Lipinski definition) is 3. The summed E-state index contributed by atoms with van der Waals surface area (Å²) in [5.74, 6) is -1.87. The predicted molar refractivity (Wildman–Crippen MR) is 122 cm³/mol. The number of amides is 1. The first-order valence-electron chi connectivity index (χ1n) is 10.9. The molecule has 1 amide bonds. The van der Waals surface area contributed by atoms with Crippen molar-refractivity contribution >= 4 is 22.8 Å². The molecule has 1 unspecified atom stereocenters. The summed E-state index contributed by atoms with van der Waals surface area (Å²) in [5, 5.41) is 16.1. The van der Waals surface area contributed by atoms with Crippen LogP contribution in [-0.4, -0.2) is 47.2 Å². The summed E-state index contributed by atoms with van der Waals surface area (Å²) in [7, 11) is 1.78. The highest BCUT2D eigenvalue weighted by atomic mass is 19.1. The summed E-state index contributed by atoms with van der Waals surface area (Å²) in [6.07, 6.45) is 4.33. The molecule has 1 saturated carbocycles. The molecule has 0 saturated heterocycles. The Morgan fingerprint density at radius 3 is 2.61 bits per heavy atom. The maximum Gasteiger partial charge on any atom is 0.340 e. The van der Waals surface area contributed by atoms with E-state index in [1.54, 1.807) is 7.05 Å². The van der Waals surface area contributed by atoms with Gasteiger partial charge in [-0.2, -0.15) is 0 Å². The number of benzene rings is 2. The first-order valence-corrected chi connectivity index (χ1v) is 10.9. The van der Waals surface area contributed by atoms with Crippen LogP contribution in [0.3, 0.4) is 0 Å². The summed E-state index contributed by atoms with van der Waals surface area (Å²) in [5.41, 5.74) is 0.630. The second kappa shape index (κ2) is 9.54. The summed E-state index contributed by atoms with van der Waals surface area (Å²) in [6, 6.07) is 13.0. The van der Waals surface area contributed by atoms with Crippen molar-refractivity contribution in [1.82, 2.24) is 15.6 Å². The van der Waals surface area contributed by atoms with Crippen LogP contribution >= 0.6 is 0 Å². The molecule has 1 atom stereocenters. The van der Waals surface area contributed by atoms with Gasteiger partial charge in [0.05, 0.1) is 23.3 Å². The van der Waals surface area contributed by atoms with Crippen LogP contribution in [0.5, 0.6) is 5.75 Å². The van der Waals surface area contributed by atoms with Crippen molar-refractivity contribution < 1.29 is 23.8 Å². The van der Waals surface area contributed by atoms with E-state index in [4.69, 9.17) is 4.74 Å². The molecule has 1 heterocycles. The topological polar surface area (TPSA) is 101 Å². The lowest BCUT2D eigenvalue weighted by atomic mass is 9.76. The molecule has 4 rings (SSSR count). The van der Waals surface area contributed by atoms with Gasteiger partial charge in [-0.15, -0.1) is 0 Å². The van der Waals surface area contributed by atoms with Gasteiger partial charge >= 0.3 is 5.97 Å². The Bertz CT molecular complexity index is 1160. The average molecular weight is 451 g/mol. The van der Waals surface area contributed by atoms with Crippen LogP contribution in [0.15, 0.2) is 54.7 Å². The van der Waals surface area contributed by atoms with Crippen molar-refractivity contribution in [2.24, 2.45) is 0 Å². The number of pyridine rings is 1. The van der Waals surface area contributed by atoms with Crippen LogP contribution in [0.25, 0.3) is 10.9 Å². The number of hydrogen-bond acceptors (Lipinski definition) is 5. The van der Waals surface area contributed by atoms with Crippen LogP contribution in [0.4, 0.5) is 4.39 Å². The number of nitrogens with one attached hydrogen (secondary N) is 2. The van der Waals surface area contributed by atoms with E-state index in [-0.39, 0.29) is 29.2 Å². The fourth-order valence-corrected chi connectivity index (χ4v) is 4.16. The second-order valence-corrected chi connectivity index (χ2v) is 8.32. The Labute approximate surface area is 191 Å². The molecular formula is C25H26FN3O4. The molecule has 7 nitrogen and oxygen atoms in total. The van der Waals surface area contributed by atoms with Gasteiger partial charge in [-0.25, -0.2) is 9.18 Å². The van der Waals surface area contributed by atoms with Crippen molar-refractivity contribution in [3.63, 3.8) is 0 Å². The van der Waals surface area contributed by atoms with Crippen LogP contribution in [-0.2, 0) is 11.2 Å². The lowest BCUT2D eigenvalue weighted by Gasteiger charge is -2.40. The lowest BCUT2D eigenvalue weighted by Crippen LogP contribution is -2.62. The first-order chi connectivity index (χ1) is 15.9. The van der Waals surface area contributed by atoms with E-state index in [9.17, 15) is 19.1 Å². The summed E-state index contributed by atoms with van der Waals surface area (Å²) in [6.45, 7) is 0.0310. The third kappa shape index (κ3) is 4.80. The summed E-state index contributed by atoms with van der Waals surface area (Å²) < 4.78 is 19.7. The minimum absolute atomic E-state index is 0.0277. The number of fused-ring (bicyclic) bond motifs is 1. The highest BCUT2D eigenvalue weighted by molar-refractivity contribution is 6.04. The zero-order valence-corrected chi connectivity index (χ0v) is 18.3. The van der Waals surface area contributed by atoms with Crippen molar-refractivity contribution in [2.45, 2.75) is 37.3 Å². The van der Waals surface area contributed by atoms with Gasteiger partial charge in [-0.3, -0.25) is 9.78 Å². The molecule has 1 fully saturated rings. The average Bonchev–Trinajstić information content (AvgIpc) is 2.77. The van der Waals surface area contributed by atoms with Crippen molar-refractivity contribution in [3.05, 3.63) is 71.7 Å². The first kappa shape index (κ1) is 22.7. The normalized spacial score (nSPS) is 15.5. The number of halogens is 1. The van der Waals surface area contributed by atoms with Gasteiger partial charge in [-0.05, 0) is 56.5 Å². The zero-order chi connectivity index (χ0) is 23.4. The van der Waals surface area contributed by atoms with Crippen molar-refractivity contribution in [3.8, 4) is 5.75 Å². The molecule has 0 spiro atoms. The van der Waals surface area contributed by atoms with Crippen LogP contribution < -0.4 is 15.4 Å². The van der Waals surface area contributed by atoms with E-state index in [1.165, 1.54) is 18.3 Å². The molecular weight excluding hydrogens is 425 g/mol. The van der Waals surface area contributed by atoms with E-state index in [0.29, 0.717) is 11.9 Å². The number of carbonyl (C=O) groups excluding carboxylic acids is 1. The van der Waals surface area contributed by atoms with Crippen LogP contribution in [0.2, 0.25) is 0 Å². The van der Waals surface area contributed by atoms with Gasteiger partial charge in [0, 0.05) is 5.39 Å². The monoisotopic (exact) mass is 451 g/mol. The highest BCUT2D eigenvalue weighted by Crippen LogP contribution is 2.32. The summed E-state index contributed by atoms with van der Waals surface area (Å²) >= 11 is 0. The molecule has 33 heavy (non-hydrogen) atoms. The highest BCUT2D eigenvalue weighted by Gasteiger charge is 2.43. The van der Waals surface area contributed by atoms with Gasteiger partial charge in [0.25, 0.3) is 0 Å². The van der Waals surface area contributed by atoms with Gasteiger partial charge in [-0.1, -0.05) is 30.3 Å². The quantitative estimate of drug-likeness (QED) is 0.462. The fraction of sp³-hybridized carbons (Fsp3) is 0.320. The number of nitrogens with zero attached hydrogens (tertiary/aromatic N) is 1. The number of carbonyl (C=O) groups is 2. The molecule has 172 valence electrons. The predicted octanol–water partition coefficient (Wildman–Crippen LogP) is 3.32. The SMILES string of the molecule is CNC1(C(=O)NC(COc2cnc3ccc(F)cc3c2C(=O)O)Cc2ccccc2)CCC1. The molecule has 1 aliphatic rings. The minimum atomic E-state index is -1.24. The number of rotatable bonds is 9. The standard InChI is InChI=1S/C25H26FN3O4/c1-27-25(10-5-11-25)24(32)29-18(12-16-6-3-2-4-7-16)15-33-21-14-28-20-9-8-17(26)13-19(20)22(21)23(30)31/h2-4,6-9,13-14,18,27H,5,10-12,15H2,1H3,(H,29,32)(H,30,31). The van der Waals surface area contributed by atoms with Crippen molar-refractivity contribution in [1.29, 1.82) is 0 Å². The molecule has 2 aromatic carbocycles. The number of carboxylic acids is 1. The fourth-order valence-electron chi connectivity index (χ4n) is 4.16. The minimum Gasteiger partial charge on any atom is -0.489 e. The molecule has 0 radical (unpaired) electrons. The van der Waals surface area contributed by atoms with Crippen LogP contribution in [0, 0.1) is 5.82 Å². The molecule has 0 bridgehead atoms. The molecule has 1 aliphatic carbocycles. The summed E-state index contributed by atoms with van der Waals surface area (Å²) in [4.78, 5) is 29.2. The number of aromatic nitrogens is 1. The van der Waals surface area contributed by atoms with E-state index in [1.807, 2.05) is 30.3 Å². The van der Waals surface area contributed by atoms with Gasteiger partial charge in [0.1, 0.15) is 18.0 Å². The van der Waals surface area contributed by atoms with Gasteiger partial charge in [0.15, 0.2) is 5.75 Å². The molecule has 3 aromatic rings. The van der Waals surface area contributed by atoms with Gasteiger partial charge < -0.3 is 20.5 Å². The maximum absolute atomic E-state index is 13.8. The third-order valence-electron chi connectivity index (χ3n) is 6.23. The number of ether oxygens (including phenoxy) is 1. The maximum atomic E-state index is 13.8.